The van der Waals surface area contributed by atoms with Gasteiger partial charge in [0.05, 0.1) is 17.9 Å². The SMILES string of the molecule is NCC1(C(O)c2cn3ccccc3n2)CC2CCC1O2. The Morgan fingerprint density at radius 3 is 3.05 bits per heavy atom. The van der Waals surface area contributed by atoms with Crippen LogP contribution in [0.1, 0.15) is 31.1 Å². The third-order valence-corrected chi connectivity index (χ3v) is 4.94. The van der Waals surface area contributed by atoms with Crippen LogP contribution in [0.25, 0.3) is 5.65 Å². The van der Waals surface area contributed by atoms with Crippen LogP contribution in [0.2, 0.25) is 0 Å². The summed E-state index contributed by atoms with van der Waals surface area (Å²) in [4.78, 5) is 4.54. The molecule has 0 spiro atoms. The van der Waals surface area contributed by atoms with Crippen molar-refractivity contribution in [1.82, 2.24) is 9.38 Å². The van der Waals surface area contributed by atoms with Crippen molar-refractivity contribution in [3.63, 3.8) is 0 Å². The Labute approximate surface area is 117 Å². The highest BCUT2D eigenvalue weighted by atomic mass is 16.5. The minimum absolute atomic E-state index is 0.0670. The highest BCUT2D eigenvalue weighted by Gasteiger charge is 2.56. The number of rotatable bonds is 3. The molecule has 2 aliphatic rings. The first kappa shape index (κ1) is 12.3. The number of nitrogens with two attached hydrogens (primary N) is 1. The summed E-state index contributed by atoms with van der Waals surface area (Å²) in [6, 6.07) is 5.82. The first-order valence-corrected chi connectivity index (χ1v) is 7.20. The van der Waals surface area contributed by atoms with E-state index in [0.717, 1.165) is 24.9 Å². The lowest BCUT2D eigenvalue weighted by Crippen LogP contribution is -2.44. The molecule has 5 heteroatoms. The molecule has 2 aromatic heterocycles. The van der Waals surface area contributed by atoms with E-state index in [1.165, 1.54) is 0 Å². The highest BCUT2D eigenvalue weighted by Crippen LogP contribution is 2.53. The summed E-state index contributed by atoms with van der Waals surface area (Å²) in [6.07, 6.45) is 6.41. The minimum Gasteiger partial charge on any atom is -0.386 e. The second-order valence-electron chi connectivity index (χ2n) is 6.00. The molecule has 0 radical (unpaired) electrons. The van der Waals surface area contributed by atoms with E-state index in [1.807, 2.05) is 35.0 Å². The molecule has 5 nitrogen and oxygen atoms in total. The van der Waals surface area contributed by atoms with E-state index in [9.17, 15) is 5.11 Å². The predicted octanol–water partition coefficient (Wildman–Crippen LogP) is 1.26. The molecule has 2 saturated heterocycles. The molecule has 2 aliphatic heterocycles. The van der Waals surface area contributed by atoms with Crippen LogP contribution in [0.3, 0.4) is 0 Å². The van der Waals surface area contributed by atoms with Gasteiger partial charge in [-0.1, -0.05) is 6.07 Å². The van der Waals surface area contributed by atoms with E-state index >= 15 is 0 Å². The molecule has 106 valence electrons. The van der Waals surface area contributed by atoms with Crippen LogP contribution in [0.5, 0.6) is 0 Å². The van der Waals surface area contributed by atoms with Crippen molar-refractivity contribution in [2.45, 2.75) is 37.6 Å². The number of fused-ring (bicyclic) bond motifs is 3. The van der Waals surface area contributed by atoms with Crippen molar-refractivity contribution in [3.8, 4) is 0 Å². The quantitative estimate of drug-likeness (QED) is 0.883. The van der Waals surface area contributed by atoms with Gasteiger partial charge < -0.3 is 20.0 Å². The fraction of sp³-hybridized carbons (Fsp3) is 0.533. The van der Waals surface area contributed by atoms with E-state index in [4.69, 9.17) is 10.5 Å². The zero-order valence-electron chi connectivity index (χ0n) is 11.3. The summed E-state index contributed by atoms with van der Waals surface area (Å²) in [5, 5.41) is 10.9. The molecular weight excluding hydrogens is 254 g/mol. The van der Waals surface area contributed by atoms with Crippen LogP contribution in [-0.2, 0) is 4.74 Å². The lowest BCUT2D eigenvalue weighted by atomic mass is 9.69. The van der Waals surface area contributed by atoms with E-state index < -0.39 is 6.10 Å². The molecule has 4 heterocycles. The fourth-order valence-corrected chi connectivity index (χ4v) is 3.83. The Hall–Kier alpha value is -1.43. The first-order valence-electron chi connectivity index (χ1n) is 7.20. The molecule has 2 fully saturated rings. The largest absolute Gasteiger partial charge is 0.386 e. The van der Waals surface area contributed by atoms with Crippen LogP contribution in [0.4, 0.5) is 0 Å². The first-order chi connectivity index (χ1) is 9.73. The molecule has 4 unspecified atom stereocenters. The van der Waals surface area contributed by atoms with Crippen LogP contribution >= 0.6 is 0 Å². The Morgan fingerprint density at radius 2 is 2.40 bits per heavy atom. The summed E-state index contributed by atoms with van der Waals surface area (Å²) in [5.74, 6) is 0. The van der Waals surface area contributed by atoms with Crippen LogP contribution in [0.15, 0.2) is 30.6 Å². The zero-order chi connectivity index (χ0) is 13.7. The second kappa shape index (κ2) is 4.28. The van der Waals surface area contributed by atoms with Crippen molar-refractivity contribution < 1.29 is 9.84 Å². The van der Waals surface area contributed by atoms with Gasteiger partial charge in [-0.2, -0.15) is 0 Å². The topological polar surface area (TPSA) is 72.8 Å². The third kappa shape index (κ3) is 1.57. The van der Waals surface area contributed by atoms with Gasteiger partial charge in [0, 0.05) is 24.4 Å². The van der Waals surface area contributed by atoms with Gasteiger partial charge in [-0.3, -0.25) is 0 Å². The molecule has 3 N–H and O–H groups in total. The van der Waals surface area contributed by atoms with Crippen molar-refractivity contribution in [3.05, 3.63) is 36.3 Å². The molecule has 20 heavy (non-hydrogen) atoms. The van der Waals surface area contributed by atoms with Crippen molar-refractivity contribution in [2.24, 2.45) is 11.1 Å². The number of ether oxygens (including phenoxy) is 1. The van der Waals surface area contributed by atoms with Gasteiger partial charge in [-0.25, -0.2) is 4.98 Å². The maximum Gasteiger partial charge on any atom is 0.137 e. The van der Waals surface area contributed by atoms with Gasteiger partial charge in [-0.15, -0.1) is 0 Å². The lowest BCUT2D eigenvalue weighted by molar-refractivity contribution is -0.0282. The van der Waals surface area contributed by atoms with Crippen LogP contribution in [-0.4, -0.2) is 33.2 Å². The van der Waals surface area contributed by atoms with Gasteiger partial charge in [0.15, 0.2) is 0 Å². The molecule has 0 aliphatic carbocycles. The number of aliphatic hydroxyl groups excluding tert-OH is 1. The van der Waals surface area contributed by atoms with E-state index in [2.05, 4.69) is 4.98 Å². The summed E-state index contributed by atoms with van der Waals surface area (Å²) < 4.78 is 7.85. The number of hydrogen-bond donors (Lipinski definition) is 2. The molecular formula is C15H19N3O2. The van der Waals surface area contributed by atoms with E-state index in [0.29, 0.717) is 12.2 Å². The Kier molecular flexibility index (Phi) is 2.64. The smallest absolute Gasteiger partial charge is 0.137 e. The van der Waals surface area contributed by atoms with Crippen molar-refractivity contribution >= 4 is 5.65 Å². The van der Waals surface area contributed by atoms with Gasteiger partial charge in [0.25, 0.3) is 0 Å². The van der Waals surface area contributed by atoms with Crippen LogP contribution in [0, 0.1) is 5.41 Å². The maximum atomic E-state index is 10.9. The van der Waals surface area contributed by atoms with Crippen LogP contribution < -0.4 is 5.73 Å². The lowest BCUT2D eigenvalue weighted by Gasteiger charge is -2.37. The third-order valence-electron chi connectivity index (χ3n) is 4.94. The average Bonchev–Trinajstić information content (AvgIpc) is 3.19. The number of nitrogens with zero attached hydrogens (tertiary/aromatic N) is 2. The monoisotopic (exact) mass is 273 g/mol. The van der Waals surface area contributed by atoms with Crippen molar-refractivity contribution in [2.75, 3.05) is 6.54 Å². The number of pyridine rings is 1. The Balaban J connectivity index is 1.73. The van der Waals surface area contributed by atoms with Crippen molar-refractivity contribution in [1.29, 1.82) is 0 Å². The summed E-state index contributed by atoms with van der Waals surface area (Å²) in [6.45, 7) is 0.434. The second-order valence-corrected chi connectivity index (χ2v) is 6.00. The van der Waals surface area contributed by atoms with Gasteiger partial charge in [0.1, 0.15) is 11.8 Å². The Bertz CT molecular complexity index is 608. The highest BCUT2D eigenvalue weighted by molar-refractivity contribution is 5.40. The molecule has 0 saturated carbocycles. The zero-order valence-corrected chi connectivity index (χ0v) is 11.3. The number of aromatic nitrogens is 2. The summed E-state index contributed by atoms with van der Waals surface area (Å²) >= 11 is 0. The van der Waals surface area contributed by atoms with Gasteiger partial charge in [-0.05, 0) is 31.4 Å². The average molecular weight is 273 g/mol. The van der Waals surface area contributed by atoms with Gasteiger partial charge in [0.2, 0.25) is 0 Å². The Morgan fingerprint density at radius 1 is 1.50 bits per heavy atom. The molecule has 2 bridgehead atoms. The van der Waals surface area contributed by atoms with E-state index in [1.54, 1.807) is 0 Å². The maximum absolute atomic E-state index is 10.9. The standard InChI is InChI=1S/C15H19N3O2/c16-9-15(7-10-4-5-12(15)20-10)14(19)11-8-18-6-2-1-3-13(18)17-11/h1-3,6,8,10,12,14,19H,4-5,7,9,16H2. The molecule has 2 aromatic rings. The molecule has 4 rings (SSSR count). The van der Waals surface area contributed by atoms with E-state index in [-0.39, 0.29) is 17.6 Å². The minimum atomic E-state index is -0.664. The predicted molar refractivity (Wildman–Crippen MR) is 74.2 cm³/mol. The summed E-state index contributed by atoms with van der Waals surface area (Å²) in [5.41, 5.74) is 7.18. The molecule has 4 atom stereocenters. The molecule has 0 amide bonds. The molecule has 0 aromatic carbocycles. The summed E-state index contributed by atoms with van der Waals surface area (Å²) in [7, 11) is 0. The number of imidazole rings is 1. The number of aliphatic hydroxyl groups is 1. The van der Waals surface area contributed by atoms with Gasteiger partial charge >= 0.3 is 0 Å². The normalized spacial score (nSPS) is 33.9. The fourth-order valence-electron chi connectivity index (χ4n) is 3.83. The number of hydrogen-bond acceptors (Lipinski definition) is 4.